The van der Waals surface area contributed by atoms with Gasteiger partial charge in [0.1, 0.15) is 0 Å². The van der Waals surface area contributed by atoms with Crippen LogP contribution in [0.2, 0.25) is 10.0 Å². The van der Waals surface area contributed by atoms with Gasteiger partial charge in [0.15, 0.2) is 0 Å². The quantitative estimate of drug-likeness (QED) is 0.844. The summed E-state index contributed by atoms with van der Waals surface area (Å²) >= 11 is 11.8. The number of carbonyl (C=O) groups excluding carboxylic acids is 1. The summed E-state index contributed by atoms with van der Waals surface area (Å²) in [5.41, 5.74) is 0.926. The maximum Gasteiger partial charge on any atom is 0.317 e. The predicted octanol–water partition coefficient (Wildman–Crippen LogP) is 4.09. The number of hydrogen-bond donors (Lipinski definition) is 1. The van der Waals surface area contributed by atoms with Gasteiger partial charge in [0.2, 0.25) is 0 Å². The Morgan fingerprint density at radius 3 is 2.91 bits per heavy atom. The van der Waals surface area contributed by atoms with Gasteiger partial charge in [-0.15, -0.1) is 0 Å². The summed E-state index contributed by atoms with van der Waals surface area (Å²) in [6.07, 6.45) is 4.66. The molecule has 0 aliphatic carbocycles. The molecule has 6 heteroatoms. The molecule has 0 radical (unpaired) electrons. The van der Waals surface area contributed by atoms with Gasteiger partial charge in [-0.25, -0.2) is 4.79 Å². The topological polar surface area (TPSA) is 41.6 Å². The van der Waals surface area contributed by atoms with E-state index in [2.05, 4.69) is 5.32 Å². The Morgan fingerprint density at radius 2 is 2.23 bits per heavy atom. The van der Waals surface area contributed by atoms with E-state index < -0.39 is 0 Å². The van der Waals surface area contributed by atoms with Crippen LogP contribution in [0.25, 0.3) is 0 Å². The van der Waals surface area contributed by atoms with E-state index in [1.165, 1.54) is 0 Å². The highest BCUT2D eigenvalue weighted by Crippen LogP contribution is 2.22. The molecule has 0 saturated carbocycles. The molecule has 122 valence electrons. The second-order valence-corrected chi connectivity index (χ2v) is 6.42. The van der Waals surface area contributed by atoms with Gasteiger partial charge in [-0.1, -0.05) is 29.3 Å². The Morgan fingerprint density at radius 1 is 1.41 bits per heavy atom. The molecule has 1 aliphatic rings. The highest BCUT2D eigenvalue weighted by Gasteiger charge is 2.16. The lowest BCUT2D eigenvalue weighted by Crippen LogP contribution is -2.37. The Bertz CT molecular complexity index is 505. The number of rotatable bonds is 6. The first-order valence-corrected chi connectivity index (χ1v) is 8.36. The zero-order valence-electron chi connectivity index (χ0n) is 12.8. The number of ether oxygens (including phenoxy) is 1. The number of amides is 2. The van der Waals surface area contributed by atoms with Crippen LogP contribution in [0.3, 0.4) is 0 Å². The minimum Gasteiger partial charge on any atom is -0.378 e. The van der Waals surface area contributed by atoms with Crippen LogP contribution < -0.4 is 5.32 Å². The third-order valence-corrected chi connectivity index (χ3v) is 4.56. The van der Waals surface area contributed by atoms with Crippen molar-refractivity contribution in [3.05, 3.63) is 33.8 Å². The van der Waals surface area contributed by atoms with Gasteiger partial charge in [0, 0.05) is 26.7 Å². The van der Waals surface area contributed by atoms with E-state index >= 15 is 0 Å². The molecule has 1 aliphatic heterocycles. The van der Waals surface area contributed by atoms with E-state index in [-0.39, 0.29) is 6.03 Å². The van der Waals surface area contributed by atoms with Gasteiger partial charge in [0.25, 0.3) is 0 Å². The van der Waals surface area contributed by atoms with Crippen LogP contribution in [0.5, 0.6) is 0 Å². The van der Waals surface area contributed by atoms with Crippen LogP contribution >= 0.6 is 23.2 Å². The summed E-state index contributed by atoms with van der Waals surface area (Å²) in [4.78, 5) is 13.7. The Hall–Kier alpha value is -0.970. The molecule has 0 spiro atoms. The monoisotopic (exact) mass is 344 g/mol. The number of halogens is 2. The smallest absolute Gasteiger partial charge is 0.317 e. The van der Waals surface area contributed by atoms with Gasteiger partial charge in [-0.05, 0) is 43.4 Å². The van der Waals surface area contributed by atoms with Crippen molar-refractivity contribution in [1.82, 2.24) is 10.2 Å². The molecule has 1 heterocycles. The van der Waals surface area contributed by atoms with Crippen molar-refractivity contribution in [3.63, 3.8) is 0 Å². The molecule has 0 bridgehead atoms. The number of hydrogen-bond acceptors (Lipinski definition) is 2. The molecule has 1 fully saturated rings. The van der Waals surface area contributed by atoms with Crippen molar-refractivity contribution in [1.29, 1.82) is 0 Å². The van der Waals surface area contributed by atoms with Crippen LogP contribution in [0.15, 0.2) is 18.2 Å². The largest absolute Gasteiger partial charge is 0.378 e. The maximum atomic E-state index is 12.0. The Labute approximate surface area is 141 Å². The molecule has 2 rings (SSSR count). The van der Waals surface area contributed by atoms with Crippen molar-refractivity contribution in [2.24, 2.45) is 0 Å². The molecule has 1 aromatic carbocycles. The third kappa shape index (κ3) is 5.34. The van der Waals surface area contributed by atoms with Gasteiger partial charge in [-0.3, -0.25) is 0 Å². The standard InChI is InChI=1S/C16H22Cl2N2O2/c1-20(8-2-4-13-5-3-9-22-13)16(21)19-11-12-6-7-14(17)15(18)10-12/h6-7,10,13H,2-5,8-9,11H2,1H3,(H,19,21)/t13-/m1/s1. The van der Waals surface area contributed by atoms with Crippen molar-refractivity contribution >= 4 is 29.2 Å². The fraction of sp³-hybridized carbons (Fsp3) is 0.562. The Balaban J connectivity index is 1.67. The molecule has 0 aromatic heterocycles. The van der Waals surface area contributed by atoms with Crippen LogP contribution in [-0.2, 0) is 11.3 Å². The van der Waals surface area contributed by atoms with Gasteiger partial charge < -0.3 is 15.0 Å². The zero-order valence-corrected chi connectivity index (χ0v) is 14.3. The minimum atomic E-state index is -0.0848. The molecule has 22 heavy (non-hydrogen) atoms. The molecular weight excluding hydrogens is 323 g/mol. The van der Waals surface area contributed by atoms with E-state index in [9.17, 15) is 4.79 Å². The molecule has 0 unspecified atom stereocenters. The summed E-state index contributed by atoms with van der Waals surface area (Å²) in [7, 11) is 1.81. The van der Waals surface area contributed by atoms with Crippen LogP contribution in [0.4, 0.5) is 4.79 Å². The lowest BCUT2D eigenvalue weighted by atomic mass is 10.1. The summed E-state index contributed by atoms with van der Waals surface area (Å²) in [5, 5.41) is 3.89. The van der Waals surface area contributed by atoms with E-state index in [4.69, 9.17) is 27.9 Å². The van der Waals surface area contributed by atoms with E-state index in [1.54, 1.807) is 24.1 Å². The van der Waals surface area contributed by atoms with Crippen LogP contribution in [0, 0.1) is 0 Å². The van der Waals surface area contributed by atoms with Crippen LogP contribution in [0.1, 0.15) is 31.2 Å². The second kappa shape index (κ2) is 8.61. The lowest BCUT2D eigenvalue weighted by molar-refractivity contribution is 0.100. The lowest BCUT2D eigenvalue weighted by Gasteiger charge is -2.19. The number of nitrogens with one attached hydrogen (secondary N) is 1. The first kappa shape index (κ1) is 17.4. The first-order chi connectivity index (χ1) is 10.6. The Kier molecular flexibility index (Phi) is 6.80. The third-order valence-electron chi connectivity index (χ3n) is 3.82. The van der Waals surface area contributed by atoms with Gasteiger partial charge in [0.05, 0.1) is 16.1 Å². The molecule has 1 N–H and O–H groups in total. The molecule has 1 atom stereocenters. The number of nitrogens with zero attached hydrogens (tertiary/aromatic N) is 1. The fourth-order valence-electron chi connectivity index (χ4n) is 2.49. The number of urea groups is 1. The van der Waals surface area contributed by atoms with E-state index in [0.717, 1.165) is 44.4 Å². The van der Waals surface area contributed by atoms with E-state index in [1.807, 2.05) is 6.07 Å². The number of carbonyl (C=O) groups is 1. The molecule has 4 nitrogen and oxygen atoms in total. The average molecular weight is 345 g/mol. The minimum absolute atomic E-state index is 0.0848. The van der Waals surface area contributed by atoms with Crippen molar-refractivity contribution < 1.29 is 9.53 Å². The van der Waals surface area contributed by atoms with Crippen molar-refractivity contribution in [2.45, 2.75) is 38.3 Å². The molecule has 1 saturated heterocycles. The maximum absolute atomic E-state index is 12.0. The summed E-state index contributed by atoms with van der Waals surface area (Å²) < 4.78 is 5.58. The molecular formula is C16H22Cl2N2O2. The van der Waals surface area contributed by atoms with Crippen LogP contribution in [-0.4, -0.2) is 37.2 Å². The second-order valence-electron chi connectivity index (χ2n) is 5.61. The highest BCUT2D eigenvalue weighted by molar-refractivity contribution is 6.42. The summed E-state index contributed by atoms with van der Waals surface area (Å²) in [6, 6.07) is 5.27. The molecule has 1 aromatic rings. The van der Waals surface area contributed by atoms with E-state index in [0.29, 0.717) is 22.7 Å². The normalized spacial score (nSPS) is 17.5. The van der Waals surface area contributed by atoms with Gasteiger partial charge >= 0.3 is 6.03 Å². The summed E-state index contributed by atoms with van der Waals surface area (Å²) in [5.74, 6) is 0. The first-order valence-electron chi connectivity index (χ1n) is 7.61. The van der Waals surface area contributed by atoms with Crippen molar-refractivity contribution in [3.8, 4) is 0 Å². The number of benzene rings is 1. The summed E-state index contributed by atoms with van der Waals surface area (Å²) in [6.45, 7) is 2.05. The fourth-order valence-corrected chi connectivity index (χ4v) is 2.81. The highest BCUT2D eigenvalue weighted by atomic mass is 35.5. The van der Waals surface area contributed by atoms with Gasteiger partial charge in [-0.2, -0.15) is 0 Å². The predicted molar refractivity (Wildman–Crippen MR) is 89.5 cm³/mol. The van der Waals surface area contributed by atoms with Crippen molar-refractivity contribution in [2.75, 3.05) is 20.2 Å². The molecule has 2 amide bonds. The zero-order chi connectivity index (χ0) is 15.9. The average Bonchev–Trinajstić information content (AvgIpc) is 3.01. The SMILES string of the molecule is CN(CCC[C@@H]1CCCO1)C(=O)NCc1ccc(Cl)c(Cl)c1.